The minimum absolute atomic E-state index is 0.0449. The van der Waals surface area contributed by atoms with Gasteiger partial charge in [-0.3, -0.25) is 14.6 Å². The Labute approximate surface area is 106 Å². The highest BCUT2D eigenvalue weighted by molar-refractivity contribution is 5.95. The minimum Gasteiger partial charge on any atom is -0.481 e. The number of aliphatic carboxylic acids is 1. The van der Waals surface area contributed by atoms with Gasteiger partial charge in [0.2, 0.25) is 0 Å². The number of hydrogen-bond acceptors (Lipinski definition) is 3. The lowest BCUT2D eigenvalue weighted by Crippen LogP contribution is -2.33. The van der Waals surface area contributed by atoms with Crippen molar-refractivity contribution in [2.45, 2.75) is 39.2 Å². The molecule has 2 N–H and O–H groups in total. The number of nitrogens with zero attached hydrogens (tertiary/aromatic N) is 1. The molecule has 1 amide bonds. The van der Waals surface area contributed by atoms with Crippen molar-refractivity contribution >= 4 is 11.9 Å². The summed E-state index contributed by atoms with van der Waals surface area (Å²) in [5, 5.41) is 11.4. The normalized spacial score (nSPS) is 11.9. The molecule has 5 heteroatoms. The molecule has 18 heavy (non-hydrogen) atoms. The van der Waals surface area contributed by atoms with E-state index in [0.29, 0.717) is 24.1 Å². The van der Waals surface area contributed by atoms with Crippen molar-refractivity contribution in [2.24, 2.45) is 0 Å². The van der Waals surface area contributed by atoms with Gasteiger partial charge < -0.3 is 10.4 Å². The van der Waals surface area contributed by atoms with Gasteiger partial charge in [0, 0.05) is 24.4 Å². The predicted octanol–water partition coefficient (Wildman–Crippen LogP) is 1.76. The summed E-state index contributed by atoms with van der Waals surface area (Å²) in [7, 11) is 0. The summed E-state index contributed by atoms with van der Waals surface area (Å²) in [5.74, 6) is -0.972. The van der Waals surface area contributed by atoms with Crippen molar-refractivity contribution < 1.29 is 14.7 Å². The Morgan fingerprint density at radius 3 is 2.83 bits per heavy atom. The Balaban J connectivity index is 2.45. The van der Waals surface area contributed by atoms with Gasteiger partial charge in [0.05, 0.1) is 5.56 Å². The second kappa shape index (κ2) is 6.74. The monoisotopic (exact) mass is 250 g/mol. The van der Waals surface area contributed by atoms with Crippen LogP contribution in [-0.2, 0) is 4.79 Å². The number of carboxylic acid groups (broad SMARTS) is 1. The Morgan fingerprint density at radius 1 is 1.50 bits per heavy atom. The average molecular weight is 250 g/mol. The molecule has 1 unspecified atom stereocenters. The van der Waals surface area contributed by atoms with Crippen LogP contribution in [-0.4, -0.2) is 28.0 Å². The van der Waals surface area contributed by atoms with Gasteiger partial charge in [-0.05, 0) is 38.8 Å². The average Bonchev–Trinajstić information content (AvgIpc) is 2.28. The smallest absolute Gasteiger partial charge is 0.303 e. The molecule has 0 fully saturated rings. The molecule has 5 nitrogen and oxygen atoms in total. The second-order valence-electron chi connectivity index (χ2n) is 4.30. The van der Waals surface area contributed by atoms with Crippen LogP contribution in [0, 0.1) is 6.92 Å². The van der Waals surface area contributed by atoms with Crippen molar-refractivity contribution in [2.75, 3.05) is 0 Å². The molecule has 1 heterocycles. The van der Waals surface area contributed by atoms with Crippen LogP contribution in [0.15, 0.2) is 18.3 Å². The quantitative estimate of drug-likeness (QED) is 0.806. The molecule has 98 valence electrons. The Hall–Kier alpha value is -1.91. The molecule has 1 aromatic rings. The first-order valence-electron chi connectivity index (χ1n) is 5.95. The van der Waals surface area contributed by atoms with Gasteiger partial charge in [-0.25, -0.2) is 0 Å². The molecular weight excluding hydrogens is 232 g/mol. The molecule has 0 saturated heterocycles. The summed E-state index contributed by atoms with van der Waals surface area (Å²) in [6.45, 7) is 3.65. The van der Waals surface area contributed by atoms with E-state index in [1.165, 1.54) is 0 Å². The Morgan fingerprint density at radius 2 is 2.22 bits per heavy atom. The molecule has 0 aliphatic heterocycles. The predicted molar refractivity (Wildman–Crippen MR) is 67.4 cm³/mol. The number of rotatable bonds is 6. The number of pyridine rings is 1. The fraction of sp³-hybridized carbons (Fsp3) is 0.462. The molecule has 1 rings (SSSR count). The Kier molecular flexibility index (Phi) is 5.30. The molecule has 0 bridgehead atoms. The molecular formula is C13H18N2O3. The van der Waals surface area contributed by atoms with E-state index >= 15 is 0 Å². The zero-order valence-corrected chi connectivity index (χ0v) is 10.6. The van der Waals surface area contributed by atoms with E-state index in [-0.39, 0.29) is 18.4 Å². The van der Waals surface area contributed by atoms with E-state index in [9.17, 15) is 9.59 Å². The zero-order valence-electron chi connectivity index (χ0n) is 10.6. The number of carbonyl (C=O) groups excluding carboxylic acids is 1. The number of carboxylic acids is 1. The SMILES string of the molecule is Cc1ncccc1C(=O)NC(C)CCCC(=O)O. The highest BCUT2D eigenvalue weighted by Crippen LogP contribution is 2.06. The number of amides is 1. The minimum atomic E-state index is -0.809. The number of hydrogen-bond donors (Lipinski definition) is 2. The molecule has 0 aliphatic carbocycles. The first kappa shape index (κ1) is 14.2. The molecule has 0 radical (unpaired) electrons. The molecule has 0 saturated carbocycles. The van der Waals surface area contributed by atoms with Crippen molar-refractivity contribution in [3.8, 4) is 0 Å². The van der Waals surface area contributed by atoms with E-state index in [1.807, 2.05) is 6.92 Å². The maximum absolute atomic E-state index is 11.9. The largest absolute Gasteiger partial charge is 0.481 e. The third-order valence-corrected chi connectivity index (χ3v) is 2.66. The lowest BCUT2D eigenvalue weighted by atomic mass is 10.1. The maximum atomic E-state index is 11.9. The molecule has 0 aliphatic rings. The van der Waals surface area contributed by atoms with Crippen LogP contribution in [0.1, 0.15) is 42.2 Å². The van der Waals surface area contributed by atoms with Crippen LogP contribution >= 0.6 is 0 Å². The number of nitrogens with one attached hydrogen (secondary N) is 1. The lowest BCUT2D eigenvalue weighted by Gasteiger charge is -2.14. The van der Waals surface area contributed by atoms with E-state index in [4.69, 9.17) is 5.11 Å². The van der Waals surface area contributed by atoms with Gasteiger partial charge in [-0.15, -0.1) is 0 Å². The van der Waals surface area contributed by atoms with Gasteiger partial charge in [0.15, 0.2) is 0 Å². The van der Waals surface area contributed by atoms with Crippen LogP contribution in [0.2, 0.25) is 0 Å². The fourth-order valence-corrected chi connectivity index (χ4v) is 1.66. The zero-order chi connectivity index (χ0) is 13.5. The first-order valence-corrected chi connectivity index (χ1v) is 5.95. The summed E-state index contributed by atoms with van der Waals surface area (Å²) in [5.41, 5.74) is 1.25. The van der Waals surface area contributed by atoms with E-state index in [0.717, 1.165) is 0 Å². The third kappa shape index (κ3) is 4.53. The fourth-order valence-electron chi connectivity index (χ4n) is 1.66. The van der Waals surface area contributed by atoms with Crippen molar-refractivity contribution in [1.29, 1.82) is 0 Å². The summed E-state index contributed by atoms with van der Waals surface area (Å²) >= 11 is 0. The van der Waals surface area contributed by atoms with Crippen LogP contribution < -0.4 is 5.32 Å². The van der Waals surface area contributed by atoms with Crippen LogP contribution in [0.4, 0.5) is 0 Å². The summed E-state index contributed by atoms with van der Waals surface area (Å²) in [6, 6.07) is 3.40. The van der Waals surface area contributed by atoms with Crippen molar-refractivity contribution in [3.05, 3.63) is 29.6 Å². The highest BCUT2D eigenvalue weighted by Gasteiger charge is 2.12. The number of carbonyl (C=O) groups is 2. The van der Waals surface area contributed by atoms with Crippen LogP contribution in [0.3, 0.4) is 0 Å². The summed E-state index contributed by atoms with van der Waals surface area (Å²) < 4.78 is 0. The van der Waals surface area contributed by atoms with Crippen molar-refractivity contribution in [1.82, 2.24) is 10.3 Å². The van der Waals surface area contributed by atoms with E-state index < -0.39 is 5.97 Å². The van der Waals surface area contributed by atoms with Crippen LogP contribution in [0.5, 0.6) is 0 Å². The standard InChI is InChI=1S/C13H18N2O3/c1-9(5-3-7-12(16)17)15-13(18)11-6-4-8-14-10(11)2/h4,6,8-9H,3,5,7H2,1-2H3,(H,15,18)(H,16,17). The summed E-state index contributed by atoms with van der Waals surface area (Å²) in [6.07, 6.45) is 2.98. The van der Waals surface area contributed by atoms with Gasteiger partial charge in [-0.2, -0.15) is 0 Å². The van der Waals surface area contributed by atoms with Gasteiger partial charge in [-0.1, -0.05) is 0 Å². The second-order valence-corrected chi connectivity index (χ2v) is 4.30. The van der Waals surface area contributed by atoms with E-state index in [1.54, 1.807) is 25.3 Å². The molecule has 1 atom stereocenters. The first-order chi connectivity index (χ1) is 8.50. The van der Waals surface area contributed by atoms with Crippen molar-refractivity contribution in [3.63, 3.8) is 0 Å². The highest BCUT2D eigenvalue weighted by atomic mass is 16.4. The summed E-state index contributed by atoms with van der Waals surface area (Å²) in [4.78, 5) is 26.3. The van der Waals surface area contributed by atoms with E-state index in [2.05, 4.69) is 10.3 Å². The van der Waals surface area contributed by atoms with Gasteiger partial charge in [0.1, 0.15) is 0 Å². The molecule has 1 aromatic heterocycles. The molecule has 0 spiro atoms. The number of aromatic nitrogens is 1. The van der Waals surface area contributed by atoms with Gasteiger partial charge >= 0.3 is 5.97 Å². The maximum Gasteiger partial charge on any atom is 0.303 e. The molecule has 0 aromatic carbocycles. The third-order valence-electron chi connectivity index (χ3n) is 2.66. The lowest BCUT2D eigenvalue weighted by molar-refractivity contribution is -0.137. The van der Waals surface area contributed by atoms with Crippen LogP contribution in [0.25, 0.3) is 0 Å². The Bertz CT molecular complexity index is 432. The topological polar surface area (TPSA) is 79.3 Å². The number of aryl methyl sites for hydroxylation is 1. The van der Waals surface area contributed by atoms with Gasteiger partial charge in [0.25, 0.3) is 5.91 Å².